The summed E-state index contributed by atoms with van der Waals surface area (Å²) in [6.07, 6.45) is -1.66. The highest BCUT2D eigenvalue weighted by molar-refractivity contribution is 9.10. The Morgan fingerprint density at radius 3 is 2.30 bits per heavy atom. The minimum Gasteiger partial charge on any atom is -0.368 e. The molecule has 2 aromatic heterocycles. The molecule has 27 heavy (non-hydrogen) atoms. The number of imidazole rings is 1. The molecule has 1 aliphatic rings. The predicted molar refractivity (Wildman–Crippen MR) is 102 cm³/mol. The van der Waals surface area contributed by atoms with Gasteiger partial charge in [0.05, 0.1) is 5.69 Å². The first kappa shape index (κ1) is 18.3. The van der Waals surface area contributed by atoms with Crippen molar-refractivity contribution in [1.82, 2.24) is 14.3 Å². The van der Waals surface area contributed by atoms with E-state index in [2.05, 4.69) is 42.8 Å². The molecule has 0 atom stereocenters. The Labute approximate surface area is 163 Å². The lowest BCUT2D eigenvalue weighted by Crippen LogP contribution is -2.46. The van der Waals surface area contributed by atoms with Crippen molar-refractivity contribution in [3.63, 3.8) is 0 Å². The molecule has 0 radical (unpaired) electrons. The van der Waals surface area contributed by atoms with Crippen LogP contribution in [0.2, 0.25) is 0 Å². The Hall–Kier alpha value is -2.06. The summed E-state index contributed by atoms with van der Waals surface area (Å²) < 4.78 is 41.0. The van der Waals surface area contributed by atoms with Gasteiger partial charge >= 0.3 is 6.18 Å². The van der Waals surface area contributed by atoms with E-state index in [9.17, 15) is 13.2 Å². The van der Waals surface area contributed by atoms with Gasteiger partial charge in [-0.15, -0.1) is 0 Å². The number of piperazine rings is 1. The van der Waals surface area contributed by atoms with Gasteiger partial charge in [0.1, 0.15) is 5.65 Å². The Morgan fingerprint density at radius 1 is 0.926 bits per heavy atom. The van der Waals surface area contributed by atoms with Crippen molar-refractivity contribution >= 4 is 27.3 Å². The number of hydrogen-bond acceptors (Lipinski definition) is 3. The van der Waals surface area contributed by atoms with Crippen LogP contribution in [-0.2, 0) is 12.7 Å². The number of aromatic nitrogens is 2. The Morgan fingerprint density at radius 2 is 1.63 bits per heavy atom. The second kappa shape index (κ2) is 7.16. The van der Waals surface area contributed by atoms with Gasteiger partial charge in [-0.05, 0) is 29.8 Å². The van der Waals surface area contributed by atoms with E-state index in [4.69, 9.17) is 0 Å². The first-order valence-corrected chi connectivity index (χ1v) is 9.45. The third-order valence-electron chi connectivity index (χ3n) is 4.78. The molecule has 0 saturated carbocycles. The molecule has 3 aromatic rings. The second-order valence-electron chi connectivity index (χ2n) is 6.67. The van der Waals surface area contributed by atoms with E-state index in [-0.39, 0.29) is 0 Å². The van der Waals surface area contributed by atoms with E-state index in [0.29, 0.717) is 5.65 Å². The van der Waals surface area contributed by atoms with E-state index in [0.717, 1.165) is 49.1 Å². The zero-order valence-electron chi connectivity index (χ0n) is 14.5. The SMILES string of the molecule is FC(F)(F)c1cn2cc(N3CCN(Cc4ccc(Br)cc4)CC3)ccc2n1. The molecule has 1 aliphatic heterocycles. The zero-order chi connectivity index (χ0) is 19.0. The average Bonchev–Trinajstić information content (AvgIpc) is 3.08. The Balaban J connectivity index is 1.42. The lowest BCUT2D eigenvalue weighted by Gasteiger charge is -2.36. The topological polar surface area (TPSA) is 23.8 Å². The van der Waals surface area contributed by atoms with Crippen molar-refractivity contribution in [2.75, 3.05) is 31.1 Å². The standard InChI is InChI=1S/C19H18BrF3N4/c20-15-3-1-14(2-4-15)11-25-7-9-26(10-8-25)16-5-6-18-24-17(19(21,22)23)13-27(18)12-16/h1-6,12-13H,7-11H2. The van der Waals surface area contributed by atoms with Gasteiger partial charge in [-0.3, -0.25) is 4.90 Å². The van der Waals surface area contributed by atoms with Crippen molar-refractivity contribution in [3.8, 4) is 0 Å². The molecule has 4 rings (SSSR count). The van der Waals surface area contributed by atoms with Gasteiger partial charge < -0.3 is 9.30 Å². The normalized spacial score (nSPS) is 16.2. The fourth-order valence-corrected chi connectivity index (χ4v) is 3.58. The summed E-state index contributed by atoms with van der Waals surface area (Å²) in [5.41, 5.74) is 1.63. The summed E-state index contributed by atoms with van der Waals surface area (Å²) in [6, 6.07) is 11.8. The number of nitrogens with zero attached hydrogens (tertiary/aromatic N) is 4. The minimum atomic E-state index is -4.43. The van der Waals surface area contributed by atoms with Crippen LogP contribution in [0.5, 0.6) is 0 Å². The molecule has 0 amide bonds. The zero-order valence-corrected chi connectivity index (χ0v) is 16.0. The van der Waals surface area contributed by atoms with Crippen molar-refractivity contribution in [2.45, 2.75) is 12.7 Å². The summed E-state index contributed by atoms with van der Waals surface area (Å²) >= 11 is 3.44. The molecule has 0 spiro atoms. The maximum atomic E-state index is 12.8. The Kier molecular flexibility index (Phi) is 4.86. The van der Waals surface area contributed by atoms with Gasteiger partial charge in [0, 0.05) is 49.6 Å². The van der Waals surface area contributed by atoms with Crippen LogP contribution in [0.1, 0.15) is 11.3 Å². The van der Waals surface area contributed by atoms with Crippen LogP contribution in [0.3, 0.4) is 0 Å². The highest BCUT2D eigenvalue weighted by Gasteiger charge is 2.34. The van der Waals surface area contributed by atoms with Crippen molar-refractivity contribution in [2.24, 2.45) is 0 Å². The molecule has 8 heteroatoms. The average molecular weight is 439 g/mol. The predicted octanol–water partition coefficient (Wildman–Crippen LogP) is 4.44. The molecule has 0 aliphatic carbocycles. The molecule has 1 fully saturated rings. The van der Waals surface area contributed by atoms with Gasteiger partial charge in [-0.25, -0.2) is 4.98 Å². The van der Waals surface area contributed by atoms with E-state index in [1.54, 1.807) is 12.3 Å². The quantitative estimate of drug-likeness (QED) is 0.603. The number of fused-ring (bicyclic) bond motifs is 1. The summed E-state index contributed by atoms with van der Waals surface area (Å²) in [4.78, 5) is 8.23. The number of hydrogen-bond donors (Lipinski definition) is 0. The van der Waals surface area contributed by atoms with Crippen LogP contribution in [-0.4, -0.2) is 40.5 Å². The van der Waals surface area contributed by atoms with E-state index in [1.165, 1.54) is 9.96 Å². The van der Waals surface area contributed by atoms with Gasteiger partial charge in [0.25, 0.3) is 0 Å². The number of halogens is 4. The van der Waals surface area contributed by atoms with Crippen LogP contribution >= 0.6 is 15.9 Å². The van der Waals surface area contributed by atoms with Crippen LogP contribution in [0, 0.1) is 0 Å². The second-order valence-corrected chi connectivity index (χ2v) is 7.58. The summed E-state index contributed by atoms with van der Waals surface area (Å²) in [7, 11) is 0. The molecular weight excluding hydrogens is 421 g/mol. The largest absolute Gasteiger partial charge is 0.434 e. The monoisotopic (exact) mass is 438 g/mol. The van der Waals surface area contributed by atoms with Crippen LogP contribution in [0.15, 0.2) is 53.3 Å². The summed E-state index contributed by atoms with van der Waals surface area (Å²) in [5, 5.41) is 0. The molecule has 142 valence electrons. The number of rotatable bonds is 3. The molecule has 0 N–H and O–H groups in total. The molecule has 1 saturated heterocycles. The number of anilines is 1. The fraction of sp³-hybridized carbons (Fsp3) is 0.316. The number of alkyl halides is 3. The molecule has 0 bridgehead atoms. The van der Waals surface area contributed by atoms with Crippen LogP contribution in [0.25, 0.3) is 5.65 Å². The molecule has 4 nitrogen and oxygen atoms in total. The van der Waals surface area contributed by atoms with E-state index >= 15 is 0 Å². The fourth-order valence-electron chi connectivity index (χ4n) is 3.32. The van der Waals surface area contributed by atoms with Crippen molar-refractivity contribution in [3.05, 3.63) is 64.5 Å². The highest BCUT2D eigenvalue weighted by Crippen LogP contribution is 2.29. The van der Waals surface area contributed by atoms with E-state index in [1.807, 2.05) is 18.2 Å². The number of pyridine rings is 1. The van der Waals surface area contributed by atoms with Gasteiger partial charge in [0.15, 0.2) is 5.69 Å². The van der Waals surface area contributed by atoms with Gasteiger partial charge in [0.2, 0.25) is 0 Å². The van der Waals surface area contributed by atoms with E-state index < -0.39 is 11.9 Å². The maximum Gasteiger partial charge on any atom is 0.434 e. The van der Waals surface area contributed by atoms with Gasteiger partial charge in [-0.2, -0.15) is 13.2 Å². The van der Waals surface area contributed by atoms with Crippen LogP contribution in [0.4, 0.5) is 18.9 Å². The van der Waals surface area contributed by atoms with Crippen molar-refractivity contribution in [1.29, 1.82) is 0 Å². The number of benzene rings is 1. The minimum absolute atomic E-state index is 0.306. The van der Waals surface area contributed by atoms with Gasteiger partial charge in [-0.1, -0.05) is 28.1 Å². The summed E-state index contributed by atoms with van der Waals surface area (Å²) in [6.45, 7) is 4.39. The molecule has 1 aromatic carbocycles. The third kappa shape index (κ3) is 4.11. The van der Waals surface area contributed by atoms with Crippen LogP contribution < -0.4 is 4.90 Å². The highest BCUT2D eigenvalue weighted by atomic mass is 79.9. The lowest BCUT2D eigenvalue weighted by atomic mass is 10.2. The Bertz CT molecular complexity index is 928. The first-order chi connectivity index (χ1) is 12.9. The maximum absolute atomic E-state index is 12.8. The third-order valence-corrected chi connectivity index (χ3v) is 5.31. The summed E-state index contributed by atoms with van der Waals surface area (Å²) in [5.74, 6) is 0. The first-order valence-electron chi connectivity index (χ1n) is 8.66. The molecule has 3 heterocycles. The lowest BCUT2D eigenvalue weighted by molar-refractivity contribution is -0.140. The molecular formula is C19H18BrF3N4. The molecule has 0 unspecified atom stereocenters. The van der Waals surface area contributed by atoms with Crippen molar-refractivity contribution < 1.29 is 13.2 Å². The smallest absolute Gasteiger partial charge is 0.368 e.